The predicted molar refractivity (Wildman–Crippen MR) is 94.6 cm³/mol. The van der Waals surface area contributed by atoms with Gasteiger partial charge in [-0.1, -0.05) is 32.9 Å². The second-order valence-electron chi connectivity index (χ2n) is 8.12. The molecule has 0 radical (unpaired) electrons. The summed E-state index contributed by atoms with van der Waals surface area (Å²) in [5.74, 6) is 0.843. The van der Waals surface area contributed by atoms with Crippen molar-refractivity contribution >= 4 is 17.5 Å². The molecule has 3 atom stereocenters. The molecule has 1 saturated carbocycles. The molecule has 3 N–H and O–H groups in total. The molecule has 0 spiro atoms. The first-order valence-corrected chi connectivity index (χ1v) is 8.72. The molecule has 1 aliphatic carbocycles. The van der Waals surface area contributed by atoms with Crippen molar-refractivity contribution in [3.05, 3.63) is 29.8 Å². The average molecular weight is 329 g/mol. The van der Waals surface area contributed by atoms with E-state index in [2.05, 4.69) is 5.32 Å². The number of nitrogens with one attached hydrogen (secondary N) is 1. The third kappa shape index (κ3) is 3.18. The van der Waals surface area contributed by atoms with E-state index in [0.29, 0.717) is 23.1 Å². The van der Waals surface area contributed by atoms with E-state index >= 15 is 0 Å². The van der Waals surface area contributed by atoms with Crippen LogP contribution in [0.2, 0.25) is 0 Å². The molecule has 3 rings (SSSR count). The lowest BCUT2D eigenvalue weighted by Gasteiger charge is -2.22. The van der Waals surface area contributed by atoms with Crippen molar-refractivity contribution in [2.75, 3.05) is 18.4 Å². The van der Waals surface area contributed by atoms with Crippen LogP contribution in [0.4, 0.5) is 5.69 Å². The first-order valence-electron chi connectivity index (χ1n) is 8.72. The van der Waals surface area contributed by atoms with Crippen LogP contribution in [0.25, 0.3) is 0 Å². The van der Waals surface area contributed by atoms with Crippen LogP contribution in [0.5, 0.6) is 0 Å². The first-order chi connectivity index (χ1) is 11.3. The van der Waals surface area contributed by atoms with Crippen molar-refractivity contribution in [3.8, 4) is 0 Å². The monoisotopic (exact) mass is 329 g/mol. The van der Waals surface area contributed by atoms with Gasteiger partial charge in [-0.2, -0.15) is 0 Å². The minimum atomic E-state index is -0.506. The number of carbonyl (C=O) groups is 2. The molecular weight excluding hydrogens is 302 g/mol. The third-order valence-electron chi connectivity index (χ3n) is 5.29. The minimum Gasteiger partial charge on any atom is -0.338 e. The van der Waals surface area contributed by atoms with Gasteiger partial charge in [0.15, 0.2) is 0 Å². The predicted octanol–water partition coefficient (Wildman–Crippen LogP) is 2.48. The number of likely N-dealkylation sites (tertiary alicyclic amines) is 1. The van der Waals surface area contributed by atoms with Gasteiger partial charge in [0.2, 0.25) is 5.91 Å². The van der Waals surface area contributed by atoms with Crippen molar-refractivity contribution in [3.63, 3.8) is 0 Å². The topological polar surface area (TPSA) is 75.4 Å². The van der Waals surface area contributed by atoms with Gasteiger partial charge in [0, 0.05) is 24.5 Å². The summed E-state index contributed by atoms with van der Waals surface area (Å²) in [5, 5.41) is 2.90. The van der Waals surface area contributed by atoms with E-state index < -0.39 is 5.41 Å². The van der Waals surface area contributed by atoms with Gasteiger partial charge in [-0.05, 0) is 36.8 Å². The summed E-state index contributed by atoms with van der Waals surface area (Å²) in [6.45, 7) is 7.08. The Kier molecular flexibility index (Phi) is 4.38. The third-order valence-corrected chi connectivity index (χ3v) is 5.29. The standard InChI is InChI=1S/C19H27N3O2/c1-19(2,3)18(24)21-16-7-5-4-6-13(16)17(23)22-10-12-8-9-15(20)14(12)11-22/h4-7,12,14-15H,8-11,20H2,1-3H3,(H,21,24). The van der Waals surface area contributed by atoms with Crippen LogP contribution in [-0.4, -0.2) is 35.8 Å². The molecule has 0 bridgehead atoms. The number of nitrogens with zero attached hydrogens (tertiary/aromatic N) is 1. The summed E-state index contributed by atoms with van der Waals surface area (Å²) in [5.41, 5.74) is 6.81. The lowest BCUT2D eigenvalue weighted by Crippen LogP contribution is -2.34. The Labute approximate surface area is 143 Å². The Morgan fingerprint density at radius 2 is 1.88 bits per heavy atom. The number of para-hydroxylation sites is 1. The smallest absolute Gasteiger partial charge is 0.255 e. The second kappa shape index (κ2) is 6.20. The highest BCUT2D eigenvalue weighted by Gasteiger charge is 2.42. The van der Waals surface area contributed by atoms with E-state index in [4.69, 9.17) is 5.73 Å². The molecule has 2 aliphatic rings. The number of carbonyl (C=O) groups excluding carboxylic acids is 2. The number of nitrogens with two attached hydrogens (primary N) is 1. The number of fused-ring (bicyclic) bond motifs is 1. The van der Waals surface area contributed by atoms with Crippen LogP contribution in [0, 0.1) is 17.3 Å². The average Bonchev–Trinajstić information content (AvgIpc) is 3.09. The van der Waals surface area contributed by atoms with E-state index in [1.807, 2.05) is 37.8 Å². The highest BCUT2D eigenvalue weighted by Crippen LogP contribution is 2.38. The van der Waals surface area contributed by atoms with Gasteiger partial charge in [-0.25, -0.2) is 0 Å². The first kappa shape index (κ1) is 17.0. The maximum atomic E-state index is 13.0. The molecule has 0 aromatic heterocycles. The zero-order chi connectivity index (χ0) is 17.5. The fourth-order valence-corrected chi connectivity index (χ4v) is 3.73. The summed E-state index contributed by atoms with van der Waals surface area (Å²) < 4.78 is 0. The zero-order valence-corrected chi connectivity index (χ0v) is 14.7. The molecule has 24 heavy (non-hydrogen) atoms. The van der Waals surface area contributed by atoms with Crippen molar-refractivity contribution in [1.29, 1.82) is 0 Å². The number of rotatable bonds is 2. The number of benzene rings is 1. The largest absolute Gasteiger partial charge is 0.338 e. The molecule has 2 amide bonds. The number of anilines is 1. The minimum absolute atomic E-state index is 0.0126. The van der Waals surface area contributed by atoms with Gasteiger partial charge in [-0.15, -0.1) is 0 Å². The maximum absolute atomic E-state index is 13.0. The van der Waals surface area contributed by atoms with E-state index in [0.717, 1.165) is 25.9 Å². The van der Waals surface area contributed by atoms with Crippen molar-refractivity contribution in [2.24, 2.45) is 23.0 Å². The molecular formula is C19H27N3O2. The molecule has 1 aliphatic heterocycles. The normalized spacial score (nSPS) is 26.3. The second-order valence-corrected chi connectivity index (χ2v) is 8.12. The van der Waals surface area contributed by atoms with Crippen molar-refractivity contribution in [2.45, 2.75) is 39.7 Å². The molecule has 1 heterocycles. The molecule has 1 aromatic rings. The van der Waals surface area contributed by atoms with Crippen molar-refractivity contribution < 1.29 is 9.59 Å². The summed E-state index contributed by atoms with van der Waals surface area (Å²) in [6.07, 6.45) is 2.17. The molecule has 5 heteroatoms. The molecule has 1 saturated heterocycles. The van der Waals surface area contributed by atoms with Crippen LogP contribution in [0.3, 0.4) is 0 Å². The summed E-state index contributed by atoms with van der Waals surface area (Å²) in [6, 6.07) is 7.46. The van der Waals surface area contributed by atoms with Crippen LogP contribution in [0.15, 0.2) is 24.3 Å². The van der Waals surface area contributed by atoms with Gasteiger partial charge in [0.05, 0.1) is 11.3 Å². The Balaban J connectivity index is 1.78. The van der Waals surface area contributed by atoms with Crippen molar-refractivity contribution in [1.82, 2.24) is 4.90 Å². The SMILES string of the molecule is CC(C)(C)C(=O)Nc1ccccc1C(=O)N1CC2CCC(N)C2C1. The fraction of sp³-hybridized carbons (Fsp3) is 0.579. The maximum Gasteiger partial charge on any atom is 0.255 e. The van der Waals surface area contributed by atoms with E-state index in [1.165, 1.54) is 0 Å². The van der Waals surface area contributed by atoms with Gasteiger partial charge in [-0.3, -0.25) is 9.59 Å². The Morgan fingerprint density at radius 1 is 1.17 bits per heavy atom. The Bertz CT molecular complexity index is 650. The highest BCUT2D eigenvalue weighted by atomic mass is 16.2. The molecule has 5 nitrogen and oxygen atoms in total. The highest BCUT2D eigenvalue weighted by molar-refractivity contribution is 6.04. The van der Waals surface area contributed by atoms with Gasteiger partial charge >= 0.3 is 0 Å². The van der Waals surface area contributed by atoms with E-state index in [1.54, 1.807) is 12.1 Å². The van der Waals surface area contributed by atoms with Crippen LogP contribution in [-0.2, 0) is 4.79 Å². The van der Waals surface area contributed by atoms with Gasteiger partial charge in [0.1, 0.15) is 0 Å². The van der Waals surface area contributed by atoms with Crippen LogP contribution in [0.1, 0.15) is 44.0 Å². The van der Waals surface area contributed by atoms with Crippen LogP contribution < -0.4 is 11.1 Å². The lowest BCUT2D eigenvalue weighted by molar-refractivity contribution is -0.123. The number of hydrogen-bond donors (Lipinski definition) is 2. The number of amides is 2. The Hall–Kier alpha value is -1.88. The summed E-state index contributed by atoms with van der Waals surface area (Å²) in [7, 11) is 0. The number of hydrogen-bond acceptors (Lipinski definition) is 3. The summed E-state index contributed by atoms with van der Waals surface area (Å²) in [4.78, 5) is 27.1. The summed E-state index contributed by atoms with van der Waals surface area (Å²) >= 11 is 0. The Morgan fingerprint density at radius 3 is 2.54 bits per heavy atom. The zero-order valence-electron chi connectivity index (χ0n) is 14.7. The molecule has 2 fully saturated rings. The lowest BCUT2D eigenvalue weighted by atomic mass is 9.95. The quantitative estimate of drug-likeness (QED) is 0.875. The molecule has 130 valence electrons. The van der Waals surface area contributed by atoms with Gasteiger partial charge < -0.3 is 16.0 Å². The van der Waals surface area contributed by atoms with Crippen LogP contribution >= 0.6 is 0 Å². The van der Waals surface area contributed by atoms with E-state index in [9.17, 15) is 9.59 Å². The fourth-order valence-electron chi connectivity index (χ4n) is 3.73. The van der Waals surface area contributed by atoms with Gasteiger partial charge in [0.25, 0.3) is 5.91 Å². The molecule has 3 unspecified atom stereocenters. The van der Waals surface area contributed by atoms with E-state index in [-0.39, 0.29) is 17.9 Å². The molecule has 1 aromatic carbocycles.